The van der Waals surface area contributed by atoms with E-state index in [0.717, 1.165) is 21.9 Å². The van der Waals surface area contributed by atoms with Crippen LogP contribution in [0.3, 0.4) is 0 Å². The van der Waals surface area contributed by atoms with Crippen molar-refractivity contribution in [3.05, 3.63) is 59.4 Å². The fourth-order valence-corrected chi connectivity index (χ4v) is 2.48. The molecule has 1 heterocycles. The fourth-order valence-electron chi connectivity index (χ4n) is 2.48. The highest BCUT2D eigenvalue weighted by molar-refractivity contribution is 5.83. The molecule has 3 aromatic rings. The van der Waals surface area contributed by atoms with Crippen molar-refractivity contribution in [2.45, 2.75) is 6.42 Å². The maximum absolute atomic E-state index is 13.2. The van der Waals surface area contributed by atoms with Gasteiger partial charge in [-0.25, -0.2) is 15.2 Å². The van der Waals surface area contributed by atoms with Gasteiger partial charge in [0.25, 0.3) is 0 Å². The van der Waals surface area contributed by atoms with Crippen molar-refractivity contribution in [3.8, 4) is 0 Å². The largest absolute Gasteiger partial charge is 0.395 e. The highest BCUT2D eigenvalue weighted by Crippen LogP contribution is 2.26. The minimum absolute atomic E-state index is 0.245. The maximum Gasteiger partial charge on any atom is 0.165 e. The van der Waals surface area contributed by atoms with Crippen molar-refractivity contribution in [2.24, 2.45) is 5.84 Å². The molecule has 0 unspecified atom stereocenters. The molecule has 22 heavy (non-hydrogen) atoms. The standard InChI is InChI=1S/C16H16FN5/c17-13-4-3-10-5-9(1-2-11(10)7-13)6-12-8-14(18)21-16(22-20)15(12)19/h1-5,7-8H,6,19-20H2,(H3,18,21,22). The molecule has 0 fully saturated rings. The second-order valence-electron chi connectivity index (χ2n) is 5.12. The van der Waals surface area contributed by atoms with Gasteiger partial charge in [-0.15, -0.1) is 0 Å². The van der Waals surface area contributed by atoms with E-state index in [1.165, 1.54) is 12.1 Å². The number of fused-ring (bicyclic) bond motifs is 1. The number of nitrogens with one attached hydrogen (secondary N) is 1. The van der Waals surface area contributed by atoms with Crippen molar-refractivity contribution < 1.29 is 4.39 Å². The van der Waals surface area contributed by atoms with Crippen LogP contribution >= 0.6 is 0 Å². The number of nitrogens with two attached hydrogens (primary N) is 3. The van der Waals surface area contributed by atoms with Crippen LogP contribution in [0.25, 0.3) is 10.8 Å². The van der Waals surface area contributed by atoms with Gasteiger partial charge in [-0.2, -0.15) is 0 Å². The van der Waals surface area contributed by atoms with Gasteiger partial charge in [-0.3, -0.25) is 0 Å². The number of pyridine rings is 1. The minimum Gasteiger partial charge on any atom is -0.395 e. The van der Waals surface area contributed by atoms with Crippen molar-refractivity contribution in [1.29, 1.82) is 0 Å². The molecule has 2 aromatic carbocycles. The summed E-state index contributed by atoms with van der Waals surface area (Å²) in [5.41, 5.74) is 16.6. The fraction of sp³-hybridized carbons (Fsp3) is 0.0625. The summed E-state index contributed by atoms with van der Waals surface area (Å²) in [6, 6.07) is 12.3. The Labute approximate surface area is 126 Å². The molecule has 7 N–H and O–H groups in total. The van der Waals surface area contributed by atoms with E-state index in [4.69, 9.17) is 17.3 Å². The number of hydrogen-bond donors (Lipinski definition) is 4. The summed E-state index contributed by atoms with van der Waals surface area (Å²) >= 11 is 0. The first kappa shape index (κ1) is 14.1. The van der Waals surface area contributed by atoms with E-state index >= 15 is 0 Å². The number of hydrogen-bond acceptors (Lipinski definition) is 5. The molecule has 0 aliphatic heterocycles. The number of nitrogens with zero attached hydrogens (tertiary/aromatic N) is 1. The van der Waals surface area contributed by atoms with Gasteiger partial charge < -0.3 is 16.9 Å². The Bertz CT molecular complexity index is 847. The van der Waals surface area contributed by atoms with Crippen molar-refractivity contribution in [3.63, 3.8) is 0 Å². The summed E-state index contributed by atoms with van der Waals surface area (Å²) in [7, 11) is 0. The van der Waals surface area contributed by atoms with E-state index in [-0.39, 0.29) is 5.82 Å². The molecule has 0 spiro atoms. The third kappa shape index (κ3) is 2.64. The van der Waals surface area contributed by atoms with Gasteiger partial charge >= 0.3 is 0 Å². The molecule has 0 atom stereocenters. The first-order valence-corrected chi connectivity index (χ1v) is 6.76. The first-order chi connectivity index (χ1) is 10.6. The smallest absolute Gasteiger partial charge is 0.165 e. The van der Waals surface area contributed by atoms with E-state index in [0.29, 0.717) is 23.7 Å². The molecule has 0 amide bonds. The van der Waals surface area contributed by atoms with E-state index in [1.54, 1.807) is 12.1 Å². The van der Waals surface area contributed by atoms with Gasteiger partial charge in [0.05, 0.1) is 5.69 Å². The van der Waals surface area contributed by atoms with Crippen LogP contribution in [0.5, 0.6) is 0 Å². The van der Waals surface area contributed by atoms with E-state index in [1.807, 2.05) is 18.2 Å². The number of aromatic nitrogens is 1. The lowest BCUT2D eigenvalue weighted by molar-refractivity contribution is 0.630. The Kier molecular flexibility index (Phi) is 3.52. The minimum atomic E-state index is -0.245. The van der Waals surface area contributed by atoms with Crippen LogP contribution in [-0.4, -0.2) is 4.98 Å². The maximum atomic E-state index is 13.2. The number of rotatable bonds is 3. The zero-order valence-electron chi connectivity index (χ0n) is 11.8. The Morgan fingerprint density at radius 2 is 1.73 bits per heavy atom. The lowest BCUT2D eigenvalue weighted by atomic mass is 10.0. The first-order valence-electron chi connectivity index (χ1n) is 6.76. The number of benzene rings is 2. The zero-order chi connectivity index (χ0) is 15.7. The van der Waals surface area contributed by atoms with E-state index < -0.39 is 0 Å². The predicted molar refractivity (Wildman–Crippen MR) is 87.6 cm³/mol. The summed E-state index contributed by atoms with van der Waals surface area (Å²) < 4.78 is 13.2. The number of halogens is 1. The monoisotopic (exact) mass is 297 g/mol. The average Bonchev–Trinajstić information content (AvgIpc) is 2.50. The molecule has 0 saturated heterocycles. The molecule has 0 aliphatic rings. The molecular formula is C16H16FN5. The molecule has 5 nitrogen and oxygen atoms in total. The van der Waals surface area contributed by atoms with Gasteiger partial charge in [0, 0.05) is 0 Å². The van der Waals surface area contributed by atoms with Crippen LogP contribution in [0, 0.1) is 5.82 Å². The second kappa shape index (κ2) is 5.50. The second-order valence-corrected chi connectivity index (χ2v) is 5.12. The van der Waals surface area contributed by atoms with Crippen LogP contribution in [0.4, 0.5) is 21.7 Å². The summed E-state index contributed by atoms with van der Waals surface area (Å²) in [6.45, 7) is 0. The van der Waals surface area contributed by atoms with Gasteiger partial charge in [-0.05, 0) is 46.5 Å². The van der Waals surface area contributed by atoms with E-state index in [9.17, 15) is 4.39 Å². The molecule has 112 valence electrons. The molecular weight excluding hydrogens is 281 g/mol. The summed E-state index contributed by atoms with van der Waals surface area (Å²) in [4.78, 5) is 4.03. The Morgan fingerprint density at radius 3 is 2.50 bits per heavy atom. The Balaban J connectivity index is 1.99. The van der Waals surface area contributed by atoms with Crippen LogP contribution in [-0.2, 0) is 6.42 Å². The topological polar surface area (TPSA) is 103 Å². The molecule has 0 saturated carbocycles. The van der Waals surface area contributed by atoms with Gasteiger partial charge in [0.1, 0.15) is 11.6 Å². The van der Waals surface area contributed by atoms with Gasteiger partial charge in [0.2, 0.25) is 0 Å². The number of nitrogen functional groups attached to an aromatic ring is 3. The quantitative estimate of drug-likeness (QED) is 0.439. The summed E-state index contributed by atoms with van der Waals surface area (Å²) in [6.07, 6.45) is 0.584. The molecule has 3 rings (SSSR count). The zero-order valence-corrected chi connectivity index (χ0v) is 11.8. The number of hydrazine groups is 1. The SMILES string of the molecule is NNc1nc(N)cc(Cc2ccc3cc(F)ccc3c2)c1N. The summed E-state index contributed by atoms with van der Waals surface area (Å²) in [5, 5.41) is 1.83. The van der Waals surface area contributed by atoms with Gasteiger partial charge in [-0.1, -0.05) is 24.3 Å². The predicted octanol–water partition coefficient (Wildman–Crippen LogP) is 2.41. The Morgan fingerprint density at radius 1 is 1.00 bits per heavy atom. The molecule has 0 bridgehead atoms. The lowest BCUT2D eigenvalue weighted by Gasteiger charge is -2.11. The normalized spacial score (nSPS) is 10.8. The van der Waals surface area contributed by atoms with Gasteiger partial charge in [0.15, 0.2) is 5.82 Å². The highest BCUT2D eigenvalue weighted by atomic mass is 19.1. The van der Waals surface area contributed by atoms with Crippen LogP contribution < -0.4 is 22.7 Å². The molecule has 6 heteroatoms. The van der Waals surface area contributed by atoms with Crippen molar-refractivity contribution in [2.75, 3.05) is 16.9 Å². The summed E-state index contributed by atoms with van der Waals surface area (Å²) in [5.74, 6) is 5.85. The Hall–Kier alpha value is -2.86. The average molecular weight is 297 g/mol. The number of anilines is 3. The van der Waals surface area contributed by atoms with Crippen LogP contribution in [0.15, 0.2) is 42.5 Å². The third-order valence-electron chi connectivity index (χ3n) is 3.56. The van der Waals surface area contributed by atoms with Crippen molar-refractivity contribution in [1.82, 2.24) is 4.98 Å². The molecule has 0 radical (unpaired) electrons. The van der Waals surface area contributed by atoms with Crippen molar-refractivity contribution >= 4 is 28.1 Å². The highest BCUT2D eigenvalue weighted by Gasteiger charge is 2.09. The third-order valence-corrected chi connectivity index (χ3v) is 3.56. The molecule has 0 aliphatic carbocycles. The van der Waals surface area contributed by atoms with Crippen LogP contribution in [0.1, 0.15) is 11.1 Å². The van der Waals surface area contributed by atoms with E-state index in [2.05, 4.69) is 10.4 Å². The molecule has 1 aromatic heterocycles. The lowest BCUT2D eigenvalue weighted by Crippen LogP contribution is -2.13. The van der Waals surface area contributed by atoms with Crippen LogP contribution in [0.2, 0.25) is 0 Å².